The third kappa shape index (κ3) is 4.29. The van der Waals surface area contributed by atoms with Crippen molar-refractivity contribution < 1.29 is 9.59 Å². The molecule has 26 heavy (non-hydrogen) atoms. The second kappa shape index (κ2) is 8.43. The van der Waals surface area contributed by atoms with Crippen molar-refractivity contribution in [3.05, 3.63) is 35.9 Å². The lowest BCUT2D eigenvalue weighted by atomic mass is 10.0. The number of hydrogen-bond donors (Lipinski definition) is 1. The Kier molecular flexibility index (Phi) is 6.01. The lowest BCUT2D eigenvalue weighted by Crippen LogP contribution is -2.51. The molecule has 4 amide bonds. The normalized spacial score (nSPS) is 19.8. The van der Waals surface area contributed by atoms with Gasteiger partial charge in [-0.3, -0.25) is 0 Å². The molecule has 2 aliphatic heterocycles. The number of rotatable bonds is 5. The first-order chi connectivity index (χ1) is 12.6. The summed E-state index contributed by atoms with van der Waals surface area (Å²) in [7, 11) is 0. The summed E-state index contributed by atoms with van der Waals surface area (Å²) in [5, 5.41) is 3.02. The molecule has 0 spiro atoms. The minimum atomic E-state index is 0.0243. The molecule has 2 aliphatic rings. The average Bonchev–Trinajstić information content (AvgIpc) is 3.03. The number of likely N-dealkylation sites (tertiary alicyclic amines) is 1. The van der Waals surface area contributed by atoms with Crippen LogP contribution in [0.5, 0.6) is 0 Å². The van der Waals surface area contributed by atoms with Gasteiger partial charge in [-0.1, -0.05) is 37.3 Å². The van der Waals surface area contributed by atoms with Crippen molar-refractivity contribution in [3.8, 4) is 0 Å². The van der Waals surface area contributed by atoms with Gasteiger partial charge in [-0.05, 0) is 31.7 Å². The Balaban J connectivity index is 1.49. The van der Waals surface area contributed by atoms with Gasteiger partial charge in [0.1, 0.15) is 0 Å². The molecule has 2 fully saturated rings. The maximum Gasteiger partial charge on any atom is 0.320 e. The van der Waals surface area contributed by atoms with E-state index in [1.54, 1.807) is 0 Å². The Morgan fingerprint density at radius 3 is 2.50 bits per heavy atom. The predicted molar refractivity (Wildman–Crippen MR) is 102 cm³/mol. The molecule has 0 bridgehead atoms. The van der Waals surface area contributed by atoms with Gasteiger partial charge in [0.25, 0.3) is 0 Å². The van der Waals surface area contributed by atoms with Gasteiger partial charge in [0.15, 0.2) is 0 Å². The van der Waals surface area contributed by atoms with Crippen LogP contribution in [0.1, 0.15) is 38.7 Å². The van der Waals surface area contributed by atoms with E-state index >= 15 is 0 Å². The van der Waals surface area contributed by atoms with Gasteiger partial charge in [-0.25, -0.2) is 9.59 Å². The van der Waals surface area contributed by atoms with E-state index in [-0.39, 0.29) is 24.1 Å². The highest BCUT2D eigenvalue weighted by Crippen LogP contribution is 2.22. The topological polar surface area (TPSA) is 55.9 Å². The molecule has 3 rings (SSSR count). The second-order valence-electron chi connectivity index (χ2n) is 7.36. The van der Waals surface area contributed by atoms with E-state index in [1.807, 2.05) is 39.8 Å². The Morgan fingerprint density at radius 2 is 1.85 bits per heavy atom. The highest BCUT2D eigenvalue weighted by molar-refractivity contribution is 5.77. The fourth-order valence-electron chi connectivity index (χ4n) is 3.68. The molecule has 0 radical (unpaired) electrons. The SMILES string of the molecule is CC[C@@H](C)NC(=O)N1CCC(N2CCN(Cc3ccccc3)C2=O)CC1. The van der Waals surface area contributed by atoms with Crippen LogP contribution in [0, 0.1) is 0 Å². The van der Waals surface area contributed by atoms with Crippen LogP contribution in [-0.4, -0.2) is 65.0 Å². The van der Waals surface area contributed by atoms with Crippen LogP contribution in [0.2, 0.25) is 0 Å². The largest absolute Gasteiger partial charge is 0.336 e. The molecule has 6 nitrogen and oxygen atoms in total. The van der Waals surface area contributed by atoms with Crippen molar-refractivity contribution in [1.29, 1.82) is 0 Å². The number of hydrogen-bond acceptors (Lipinski definition) is 2. The molecule has 6 heteroatoms. The summed E-state index contributed by atoms with van der Waals surface area (Å²) in [5.41, 5.74) is 1.17. The highest BCUT2D eigenvalue weighted by Gasteiger charge is 2.35. The molecule has 2 heterocycles. The molecule has 0 aromatic heterocycles. The molecular weight excluding hydrogens is 328 g/mol. The summed E-state index contributed by atoms with van der Waals surface area (Å²) in [5.74, 6) is 0. The number of piperidine rings is 1. The van der Waals surface area contributed by atoms with Crippen LogP contribution >= 0.6 is 0 Å². The van der Waals surface area contributed by atoms with Gasteiger partial charge in [0.05, 0.1) is 0 Å². The predicted octanol–water partition coefficient (Wildman–Crippen LogP) is 2.90. The quantitative estimate of drug-likeness (QED) is 0.880. The number of nitrogens with zero attached hydrogens (tertiary/aromatic N) is 3. The van der Waals surface area contributed by atoms with Gasteiger partial charge in [-0.2, -0.15) is 0 Å². The fraction of sp³-hybridized carbons (Fsp3) is 0.600. The smallest absolute Gasteiger partial charge is 0.320 e. The Hall–Kier alpha value is -2.24. The van der Waals surface area contributed by atoms with E-state index in [4.69, 9.17) is 0 Å². The highest BCUT2D eigenvalue weighted by atomic mass is 16.2. The van der Waals surface area contributed by atoms with E-state index in [2.05, 4.69) is 24.4 Å². The monoisotopic (exact) mass is 358 g/mol. The van der Waals surface area contributed by atoms with Crippen LogP contribution < -0.4 is 5.32 Å². The van der Waals surface area contributed by atoms with E-state index in [1.165, 1.54) is 5.56 Å². The summed E-state index contributed by atoms with van der Waals surface area (Å²) in [6, 6.07) is 10.7. The third-order valence-corrected chi connectivity index (χ3v) is 5.52. The summed E-state index contributed by atoms with van der Waals surface area (Å²) < 4.78 is 0. The Morgan fingerprint density at radius 1 is 1.15 bits per heavy atom. The molecule has 0 saturated carbocycles. The van der Waals surface area contributed by atoms with Crippen molar-refractivity contribution in [2.75, 3.05) is 26.2 Å². The summed E-state index contributed by atoms with van der Waals surface area (Å²) >= 11 is 0. The van der Waals surface area contributed by atoms with Crippen LogP contribution in [0.4, 0.5) is 9.59 Å². The van der Waals surface area contributed by atoms with E-state index in [9.17, 15) is 9.59 Å². The maximum absolute atomic E-state index is 12.8. The first kappa shape index (κ1) is 18.5. The number of benzene rings is 1. The zero-order chi connectivity index (χ0) is 18.5. The van der Waals surface area contributed by atoms with E-state index in [0.717, 1.165) is 45.4 Å². The van der Waals surface area contributed by atoms with Crippen molar-refractivity contribution in [2.45, 2.75) is 51.7 Å². The molecule has 1 aromatic rings. The van der Waals surface area contributed by atoms with E-state index < -0.39 is 0 Å². The van der Waals surface area contributed by atoms with Crippen LogP contribution in [0.3, 0.4) is 0 Å². The average molecular weight is 358 g/mol. The molecule has 2 saturated heterocycles. The zero-order valence-corrected chi connectivity index (χ0v) is 15.9. The van der Waals surface area contributed by atoms with Crippen molar-refractivity contribution in [2.24, 2.45) is 0 Å². The summed E-state index contributed by atoms with van der Waals surface area (Å²) in [4.78, 5) is 30.8. The zero-order valence-electron chi connectivity index (χ0n) is 15.9. The maximum atomic E-state index is 12.8. The molecule has 142 valence electrons. The Bertz CT molecular complexity index is 613. The molecule has 0 aliphatic carbocycles. The van der Waals surface area contributed by atoms with Crippen LogP contribution in [0.15, 0.2) is 30.3 Å². The standard InChI is InChI=1S/C20H30N4O2/c1-3-16(2)21-19(25)22-11-9-18(10-12-22)24-14-13-23(20(24)26)15-17-7-5-4-6-8-17/h4-8,16,18H,3,9-15H2,1-2H3,(H,21,25)/t16-/m1/s1. The lowest BCUT2D eigenvalue weighted by molar-refractivity contribution is 0.133. The van der Waals surface area contributed by atoms with Gasteiger partial charge in [0.2, 0.25) is 0 Å². The van der Waals surface area contributed by atoms with Crippen molar-refractivity contribution in [3.63, 3.8) is 0 Å². The van der Waals surface area contributed by atoms with Gasteiger partial charge >= 0.3 is 12.1 Å². The number of carbonyl (C=O) groups excluding carboxylic acids is 2. The number of carbonyl (C=O) groups is 2. The minimum absolute atomic E-state index is 0.0243. The number of urea groups is 2. The van der Waals surface area contributed by atoms with Gasteiger partial charge in [-0.15, -0.1) is 0 Å². The minimum Gasteiger partial charge on any atom is -0.336 e. The van der Waals surface area contributed by atoms with Crippen molar-refractivity contribution in [1.82, 2.24) is 20.0 Å². The van der Waals surface area contributed by atoms with E-state index in [0.29, 0.717) is 6.54 Å². The summed E-state index contributed by atoms with van der Waals surface area (Å²) in [6.07, 6.45) is 2.65. The third-order valence-electron chi connectivity index (χ3n) is 5.52. The summed E-state index contributed by atoms with van der Waals surface area (Å²) in [6.45, 7) is 7.77. The van der Waals surface area contributed by atoms with Gasteiger partial charge < -0.3 is 20.0 Å². The fourth-order valence-corrected chi connectivity index (χ4v) is 3.68. The molecule has 1 aromatic carbocycles. The van der Waals surface area contributed by atoms with Crippen molar-refractivity contribution >= 4 is 12.1 Å². The number of nitrogens with one attached hydrogen (secondary N) is 1. The lowest BCUT2D eigenvalue weighted by Gasteiger charge is -2.36. The van der Waals surface area contributed by atoms with Crippen LogP contribution in [-0.2, 0) is 6.54 Å². The molecule has 0 unspecified atom stereocenters. The van der Waals surface area contributed by atoms with Gasteiger partial charge in [0, 0.05) is 44.8 Å². The molecule has 1 atom stereocenters. The van der Waals surface area contributed by atoms with Crippen LogP contribution in [0.25, 0.3) is 0 Å². The molecular formula is C20H30N4O2. The number of amides is 4. The first-order valence-electron chi connectivity index (χ1n) is 9.73. The first-order valence-corrected chi connectivity index (χ1v) is 9.73. The second-order valence-corrected chi connectivity index (χ2v) is 7.36. The Labute approximate surface area is 156 Å². The molecule has 1 N–H and O–H groups in total.